The number of ether oxygens (including phenoxy) is 1. The van der Waals surface area contributed by atoms with Crippen molar-refractivity contribution in [3.63, 3.8) is 0 Å². The Kier molecular flexibility index (Phi) is 5.36. The highest BCUT2D eigenvalue weighted by Crippen LogP contribution is 2.26. The minimum Gasteiger partial charge on any atom is -0.491 e. The Morgan fingerprint density at radius 3 is 2.22 bits per heavy atom. The van der Waals surface area contributed by atoms with E-state index in [2.05, 4.69) is 15.4 Å². The summed E-state index contributed by atoms with van der Waals surface area (Å²) in [5.74, 6) is -3.53. The van der Waals surface area contributed by atoms with Crippen LogP contribution >= 0.6 is 0 Å². The molecule has 1 aromatic carbocycles. The second-order valence-corrected chi connectivity index (χ2v) is 5.46. The number of anilines is 1. The lowest BCUT2D eigenvalue weighted by Crippen LogP contribution is -2.41. The molecular formula is C15H18F2N2O4. The average molecular weight is 328 g/mol. The Balaban J connectivity index is 1.89. The van der Waals surface area contributed by atoms with Crippen molar-refractivity contribution < 1.29 is 28.2 Å². The maximum Gasteiger partial charge on any atom is 0.319 e. The number of nitrogens with one attached hydrogen (secondary N) is 2. The molecule has 2 rings (SSSR count). The predicted molar refractivity (Wildman–Crippen MR) is 78.4 cm³/mol. The number of hydrogen-bond acceptors (Lipinski definition) is 3. The molecule has 0 atom stereocenters. The number of carbonyl (C=O) groups excluding carboxylic acids is 1. The van der Waals surface area contributed by atoms with Crippen LogP contribution in [0.1, 0.15) is 25.7 Å². The molecule has 126 valence electrons. The van der Waals surface area contributed by atoms with Crippen LogP contribution in [0.15, 0.2) is 12.1 Å². The van der Waals surface area contributed by atoms with Crippen molar-refractivity contribution in [2.75, 3.05) is 12.4 Å². The highest BCUT2D eigenvalue weighted by atomic mass is 19.1. The molecule has 1 saturated carbocycles. The minimum atomic E-state index is -0.912. The Morgan fingerprint density at radius 2 is 1.74 bits per heavy atom. The van der Waals surface area contributed by atoms with E-state index in [1.165, 1.54) is 0 Å². The van der Waals surface area contributed by atoms with Crippen molar-refractivity contribution in [3.05, 3.63) is 23.8 Å². The summed E-state index contributed by atoms with van der Waals surface area (Å²) in [5.41, 5.74) is -0.0301. The van der Waals surface area contributed by atoms with Crippen LogP contribution in [0.5, 0.6) is 5.75 Å². The van der Waals surface area contributed by atoms with Gasteiger partial charge in [0, 0.05) is 23.9 Å². The number of benzene rings is 1. The quantitative estimate of drug-likeness (QED) is 0.793. The number of hydrogen-bond donors (Lipinski definition) is 3. The molecule has 1 aliphatic rings. The zero-order valence-corrected chi connectivity index (χ0v) is 12.6. The van der Waals surface area contributed by atoms with Crippen molar-refractivity contribution in [2.24, 2.45) is 5.92 Å². The molecule has 1 aliphatic carbocycles. The molecule has 0 spiro atoms. The van der Waals surface area contributed by atoms with Crippen molar-refractivity contribution in [3.8, 4) is 5.75 Å². The maximum absolute atomic E-state index is 13.5. The van der Waals surface area contributed by atoms with Crippen molar-refractivity contribution in [1.82, 2.24) is 5.32 Å². The van der Waals surface area contributed by atoms with Crippen LogP contribution in [0.25, 0.3) is 0 Å². The van der Waals surface area contributed by atoms with E-state index in [-0.39, 0.29) is 17.6 Å². The normalized spacial score (nSPS) is 20.7. The Bertz CT molecular complexity index is 578. The van der Waals surface area contributed by atoms with Gasteiger partial charge in [-0.2, -0.15) is 0 Å². The SMILES string of the molecule is COc1c(F)cc(NC(=O)NC2CCC(C(=O)O)CC2)cc1F. The van der Waals surface area contributed by atoms with Crippen LogP contribution in [0.4, 0.5) is 19.3 Å². The van der Waals surface area contributed by atoms with Gasteiger partial charge in [-0.25, -0.2) is 13.6 Å². The third kappa shape index (κ3) is 4.30. The zero-order chi connectivity index (χ0) is 17.0. The molecule has 0 heterocycles. The van der Waals surface area contributed by atoms with Gasteiger partial charge < -0.3 is 20.5 Å². The fraction of sp³-hybridized carbons (Fsp3) is 0.467. The number of urea groups is 1. The molecule has 0 bridgehead atoms. The van der Waals surface area contributed by atoms with Crippen LogP contribution in [0, 0.1) is 17.6 Å². The van der Waals surface area contributed by atoms with Crippen LogP contribution in [-0.2, 0) is 4.79 Å². The third-order valence-electron chi connectivity index (χ3n) is 3.87. The summed E-state index contributed by atoms with van der Waals surface area (Å²) in [5, 5.41) is 13.9. The molecule has 8 heteroatoms. The van der Waals surface area contributed by atoms with Gasteiger partial charge in [0.05, 0.1) is 13.0 Å². The number of methoxy groups -OCH3 is 1. The first kappa shape index (κ1) is 17.0. The monoisotopic (exact) mass is 328 g/mol. The summed E-state index contributed by atoms with van der Waals surface area (Å²) >= 11 is 0. The molecule has 0 unspecified atom stereocenters. The van der Waals surface area contributed by atoms with Gasteiger partial charge in [0.15, 0.2) is 17.4 Å². The van der Waals surface area contributed by atoms with Crippen LogP contribution < -0.4 is 15.4 Å². The summed E-state index contributed by atoms with van der Waals surface area (Å²) in [6, 6.07) is 1.18. The number of amides is 2. The molecular weight excluding hydrogens is 310 g/mol. The van der Waals surface area contributed by atoms with Gasteiger partial charge >= 0.3 is 12.0 Å². The van der Waals surface area contributed by atoms with Gasteiger partial charge in [-0.1, -0.05) is 0 Å². The molecule has 0 aromatic heterocycles. The zero-order valence-electron chi connectivity index (χ0n) is 12.6. The standard InChI is InChI=1S/C15H18F2N2O4/c1-23-13-11(16)6-10(7-12(13)17)19-15(22)18-9-4-2-8(3-5-9)14(20)21/h6-9H,2-5H2,1H3,(H,20,21)(H2,18,19,22). The van der Waals surface area contributed by atoms with Crippen molar-refractivity contribution >= 4 is 17.7 Å². The average Bonchev–Trinajstić information content (AvgIpc) is 2.47. The number of carbonyl (C=O) groups is 2. The van der Waals surface area contributed by atoms with Gasteiger partial charge in [0.1, 0.15) is 0 Å². The van der Waals surface area contributed by atoms with E-state index in [0.717, 1.165) is 19.2 Å². The van der Waals surface area contributed by atoms with E-state index in [4.69, 9.17) is 5.11 Å². The van der Waals surface area contributed by atoms with Crippen LogP contribution in [0.2, 0.25) is 0 Å². The molecule has 1 fully saturated rings. The number of carboxylic acids is 1. The number of rotatable bonds is 4. The summed E-state index contributed by atoms with van der Waals surface area (Å²) in [4.78, 5) is 22.7. The van der Waals surface area contributed by atoms with E-state index in [1.54, 1.807) is 0 Å². The Morgan fingerprint density at radius 1 is 1.17 bits per heavy atom. The molecule has 6 nitrogen and oxygen atoms in total. The van der Waals surface area contributed by atoms with E-state index >= 15 is 0 Å². The molecule has 0 saturated heterocycles. The van der Waals surface area contributed by atoms with Gasteiger partial charge in [-0.15, -0.1) is 0 Å². The van der Waals surface area contributed by atoms with E-state index < -0.39 is 29.4 Å². The summed E-state index contributed by atoms with van der Waals surface area (Å²) in [6.07, 6.45) is 2.09. The maximum atomic E-state index is 13.5. The van der Waals surface area contributed by atoms with E-state index in [9.17, 15) is 18.4 Å². The lowest BCUT2D eigenvalue weighted by atomic mass is 9.86. The molecule has 3 N–H and O–H groups in total. The highest BCUT2D eigenvalue weighted by Gasteiger charge is 2.26. The van der Waals surface area contributed by atoms with Crippen molar-refractivity contribution in [2.45, 2.75) is 31.7 Å². The minimum absolute atomic E-state index is 0.0301. The third-order valence-corrected chi connectivity index (χ3v) is 3.87. The first-order valence-electron chi connectivity index (χ1n) is 7.24. The second-order valence-electron chi connectivity index (χ2n) is 5.46. The Labute approximate surface area is 131 Å². The van der Waals surface area contributed by atoms with Crippen LogP contribution in [-0.4, -0.2) is 30.3 Å². The summed E-state index contributed by atoms with van der Waals surface area (Å²) in [7, 11) is 1.15. The molecule has 23 heavy (non-hydrogen) atoms. The van der Waals surface area contributed by atoms with Gasteiger partial charge in [0.25, 0.3) is 0 Å². The summed E-state index contributed by atoms with van der Waals surface area (Å²) < 4.78 is 31.7. The van der Waals surface area contributed by atoms with Gasteiger partial charge in [0.2, 0.25) is 0 Å². The van der Waals surface area contributed by atoms with E-state index in [1.807, 2.05) is 0 Å². The topological polar surface area (TPSA) is 87.7 Å². The lowest BCUT2D eigenvalue weighted by Gasteiger charge is -2.26. The second kappa shape index (κ2) is 7.26. The molecule has 1 aromatic rings. The first-order valence-corrected chi connectivity index (χ1v) is 7.24. The largest absolute Gasteiger partial charge is 0.491 e. The fourth-order valence-corrected chi connectivity index (χ4v) is 2.66. The fourth-order valence-electron chi connectivity index (χ4n) is 2.66. The molecule has 0 aliphatic heterocycles. The predicted octanol–water partition coefficient (Wildman–Crippen LogP) is 2.74. The Hall–Kier alpha value is -2.38. The van der Waals surface area contributed by atoms with Gasteiger partial charge in [-0.05, 0) is 25.7 Å². The molecule has 0 radical (unpaired) electrons. The summed E-state index contributed by atoms with van der Waals surface area (Å²) in [6.45, 7) is 0. The number of aliphatic carboxylic acids is 1. The van der Waals surface area contributed by atoms with Gasteiger partial charge in [-0.3, -0.25) is 4.79 Å². The first-order chi connectivity index (χ1) is 10.9. The van der Waals surface area contributed by atoms with Crippen LogP contribution in [0.3, 0.4) is 0 Å². The molecule has 2 amide bonds. The lowest BCUT2D eigenvalue weighted by molar-refractivity contribution is -0.142. The number of halogens is 2. The van der Waals surface area contributed by atoms with Crippen molar-refractivity contribution in [1.29, 1.82) is 0 Å². The number of carboxylic acid groups (broad SMARTS) is 1. The highest BCUT2D eigenvalue weighted by molar-refractivity contribution is 5.89. The smallest absolute Gasteiger partial charge is 0.319 e. The van der Waals surface area contributed by atoms with E-state index in [0.29, 0.717) is 25.7 Å².